The monoisotopic (exact) mass is 436 g/mol. The molecule has 1 aliphatic carbocycles. The zero-order chi connectivity index (χ0) is 22.1. The van der Waals surface area contributed by atoms with Gasteiger partial charge in [-0.15, -0.1) is 0 Å². The highest BCUT2D eigenvalue weighted by molar-refractivity contribution is 5.74. The zero-order valence-corrected chi connectivity index (χ0v) is 19.0. The first-order valence-corrected chi connectivity index (χ1v) is 11.7. The van der Waals surface area contributed by atoms with Gasteiger partial charge in [-0.05, 0) is 45.2 Å². The van der Waals surface area contributed by atoms with Crippen molar-refractivity contribution in [1.82, 2.24) is 24.8 Å². The minimum atomic E-state index is -0.152. The summed E-state index contributed by atoms with van der Waals surface area (Å²) in [5.41, 5.74) is 2.41. The molecule has 3 fully saturated rings. The number of ether oxygens (including phenoxy) is 1. The number of aromatic nitrogens is 3. The maximum Gasteiger partial charge on any atom is 0.409 e. The van der Waals surface area contributed by atoms with Crippen LogP contribution in [0.3, 0.4) is 0 Å². The lowest BCUT2D eigenvalue weighted by molar-refractivity contribution is -0.00294. The molecule has 8 nitrogen and oxygen atoms in total. The van der Waals surface area contributed by atoms with E-state index in [0.717, 1.165) is 62.0 Å². The van der Waals surface area contributed by atoms with Crippen LogP contribution in [0.25, 0.3) is 11.1 Å². The van der Waals surface area contributed by atoms with E-state index in [-0.39, 0.29) is 6.09 Å². The molecule has 2 aromatic heterocycles. The van der Waals surface area contributed by atoms with Crippen LogP contribution >= 0.6 is 0 Å². The van der Waals surface area contributed by atoms with Crippen molar-refractivity contribution in [1.29, 1.82) is 0 Å². The van der Waals surface area contributed by atoms with E-state index in [4.69, 9.17) is 9.72 Å². The van der Waals surface area contributed by atoms with E-state index >= 15 is 0 Å². The number of hydrogen-bond donors (Lipinski definition) is 0. The lowest BCUT2D eigenvalue weighted by Gasteiger charge is -2.48. The molecule has 1 amide bonds. The zero-order valence-electron chi connectivity index (χ0n) is 19.0. The van der Waals surface area contributed by atoms with Gasteiger partial charge in [-0.2, -0.15) is 0 Å². The van der Waals surface area contributed by atoms with Crippen LogP contribution in [0.4, 0.5) is 10.6 Å². The van der Waals surface area contributed by atoms with Gasteiger partial charge in [0.05, 0.1) is 6.61 Å². The Morgan fingerprint density at radius 1 is 1.16 bits per heavy atom. The lowest BCUT2D eigenvalue weighted by Crippen LogP contribution is -2.58. The number of carbonyl (C=O) groups excluding carboxylic acids is 1. The second kappa shape index (κ2) is 8.65. The summed E-state index contributed by atoms with van der Waals surface area (Å²) in [6.45, 7) is 9.95. The van der Waals surface area contributed by atoms with Gasteiger partial charge >= 0.3 is 6.09 Å². The highest BCUT2D eigenvalue weighted by Crippen LogP contribution is 2.47. The van der Waals surface area contributed by atoms with Crippen molar-refractivity contribution >= 4 is 11.9 Å². The molecule has 0 N–H and O–H groups in total. The molecule has 5 rings (SSSR count). The topological polar surface area (TPSA) is 74.7 Å². The average molecular weight is 437 g/mol. The highest BCUT2D eigenvalue weighted by atomic mass is 16.6. The molecule has 1 spiro atoms. The fourth-order valence-corrected chi connectivity index (χ4v) is 5.59. The van der Waals surface area contributed by atoms with Gasteiger partial charge in [0.2, 0.25) is 0 Å². The largest absolute Gasteiger partial charge is 0.450 e. The number of hydrogen-bond acceptors (Lipinski definition) is 7. The number of pyridine rings is 1. The minimum absolute atomic E-state index is 0.152. The van der Waals surface area contributed by atoms with Gasteiger partial charge in [0, 0.05) is 80.4 Å². The van der Waals surface area contributed by atoms with Crippen molar-refractivity contribution in [2.45, 2.75) is 39.2 Å². The predicted molar refractivity (Wildman–Crippen MR) is 122 cm³/mol. The molecule has 0 radical (unpaired) electrons. The quantitative estimate of drug-likeness (QED) is 0.729. The lowest BCUT2D eigenvalue weighted by atomic mass is 9.78. The van der Waals surface area contributed by atoms with Gasteiger partial charge in [-0.1, -0.05) is 0 Å². The van der Waals surface area contributed by atoms with Gasteiger partial charge in [-0.3, -0.25) is 4.90 Å². The average Bonchev–Trinajstić information content (AvgIpc) is 3.25. The van der Waals surface area contributed by atoms with E-state index in [0.29, 0.717) is 18.1 Å². The van der Waals surface area contributed by atoms with Crippen molar-refractivity contribution < 1.29 is 9.53 Å². The number of piperazine rings is 1. The number of anilines is 1. The van der Waals surface area contributed by atoms with Crippen LogP contribution in [0.2, 0.25) is 0 Å². The maximum atomic E-state index is 11.9. The van der Waals surface area contributed by atoms with Gasteiger partial charge in [0.25, 0.3) is 0 Å². The Labute approximate surface area is 189 Å². The van der Waals surface area contributed by atoms with E-state index in [1.165, 1.54) is 19.3 Å². The second-order valence-electron chi connectivity index (χ2n) is 9.37. The third kappa shape index (κ3) is 4.03. The van der Waals surface area contributed by atoms with Crippen LogP contribution in [0, 0.1) is 12.3 Å². The van der Waals surface area contributed by atoms with E-state index in [2.05, 4.69) is 25.8 Å². The summed E-state index contributed by atoms with van der Waals surface area (Å²) >= 11 is 0. The van der Waals surface area contributed by atoms with Crippen LogP contribution in [0.5, 0.6) is 0 Å². The van der Waals surface area contributed by atoms with Gasteiger partial charge in [0.15, 0.2) is 0 Å². The fourth-order valence-electron chi connectivity index (χ4n) is 5.59. The van der Waals surface area contributed by atoms with Crippen LogP contribution in [0.15, 0.2) is 30.7 Å². The number of amides is 1. The normalized spacial score (nSPS) is 22.8. The Morgan fingerprint density at radius 2 is 1.91 bits per heavy atom. The summed E-state index contributed by atoms with van der Waals surface area (Å²) in [6, 6.07) is 4.70. The summed E-state index contributed by atoms with van der Waals surface area (Å²) in [7, 11) is 0. The number of carbonyl (C=O) groups is 1. The third-order valence-corrected chi connectivity index (χ3v) is 7.26. The summed E-state index contributed by atoms with van der Waals surface area (Å²) in [5.74, 6) is 1.80. The summed E-state index contributed by atoms with van der Waals surface area (Å²) in [4.78, 5) is 32.3. The molecule has 3 aliphatic rings. The molecule has 4 heterocycles. The maximum absolute atomic E-state index is 11.9. The standard InChI is InChI=1S/C24H32N6O2/c1-3-32-23(31)30-16-24(17-30)7-6-20(13-24)28-9-11-29(12-10-28)22-21(5-4-8-25-22)19-14-26-18(2)27-15-19/h4-5,8,14-15,20H,3,6-7,9-13,16-17H2,1-2H3/t20-/m1/s1. The van der Waals surface area contributed by atoms with Gasteiger partial charge in [0.1, 0.15) is 11.6 Å². The highest BCUT2D eigenvalue weighted by Gasteiger charge is 2.51. The van der Waals surface area contributed by atoms with E-state index in [1.807, 2.05) is 43.4 Å². The summed E-state index contributed by atoms with van der Waals surface area (Å²) < 4.78 is 5.15. The number of likely N-dealkylation sites (tertiary alicyclic amines) is 1. The van der Waals surface area contributed by atoms with Crippen molar-refractivity contribution in [3.63, 3.8) is 0 Å². The number of aryl methyl sites for hydroxylation is 1. The van der Waals surface area contributed by atoms with Crippen LogP contribution in [-0.4, -0.2) is 82.8 Å². The van der Waals surface area contributed by atoms with Gasteiger partial charge < -0.3 is 14.5 Å². The molecule has 0 unspecified atom stereocenters. The Morgan fingerprint density at radius 3 is 2.62 bits per heavy atom. The minimum Gasteiger partial charge on any atom is -0.450 e. The fraction of sp³-hybridized carbons (Fsp3) is 0.583. The molecule has 32 heavy (non-hydrogen) atoms. The Balaban J connectivity index is 1.18. The molecule has 1 saturated carbocycles. The van der Waals surface area contributed by atoms with Crippen LogP contribution < -0.4 is 4.90 Å². The molecule has 1 atom stereocenters. The van der Waals surface area contributed by atoms with E-state index < -0.39 is 0 Å². The molecule has 2 aliphatic heterocycles. The second-order valence-corrected chi connectivity index (χ2v) is 9.37. The van der Waals surface area contributed by atoms with Crippen molar-refractivity contribution in [3.05, 3.63) is 36.5 Å². The first kappa shape index (κ1) is 21.1. The molecule has 0 bridgehead atoms. The van der Waals surface area contributed by atoms with Crippen molar-refractivity contribution in [2.24, 2.45) is 5.41 Å². The molecule has 0 aromatic carbocycles. The van der Waals surface area contributed by atoms with Crippen molar-refractivity contribution in [2.75, 3.05) is 50.8 Å². The van der Waals surface area contributed by atoms with E-state index in [9.17, 15) is 4.79 Å². The molecule has 170 valence electrons. The Bertz CT molecular complexity index is 951. The van der Waals surface area contributed by atoms with Gasteiger partial charge in [-0.25, -0.2) is 19.7 Å². The first-order valence-electron chi connectivity index (χ1n) is 11.7. The molecule has 2 saturated heterocycles. The van der Waals surface area contributed by atoms with Crippen LogP contribution in [0.1, 0.15) is 32.0 Å². The first-order chi connectivity index (χ1) is 15.6. The van der Waals surface area contributed by atoms with Crippen LogP contribution in [-0.2, 0) is 4.74 Å². The smallest absolute Gasteiger partial charge is 0.409 e. The predicted octanol–water partition coefficient (Wildman–Crippen LogP) is 2.98. The molecule has 8 heteroatoms. The van der Waals surface area contributed by atoms with Crippen molar-refractivity contribution in [3.8, 4) is 11.1 Å². The molecule has 2 aromatic rings. The SMILES string of the molecule is CCOC(=O)N1CC2(CC[C@@H](N3CCN(c4ncccc4-c4cnc(C)nc4)CC3)C2)C1. The number of rotatable bonds is 4. The summed E-state index contributed by atoms with van der Waals surface area (Å²) in [6.07, 6.45) is 9.12. The third-order valence-electron chi connectivity index (χ3n) is 7.26. The van der Waals surface area contributed by atoms with E-state index in [1.54, 1.807) is 0 Å². The number of nitrogens with zero attached hydrogens (tertiary/aromatic N) is 6. The molecular weight excluding hydrogens is 404 g/mol. The summed E-state index contributed by atoms with van der Waals surface area (Å²) in [5, 5.41) is 0. The molecular formula is C24H32N6O2. The Kier molecular flexibility index (Phi) is 5.71. The Hall–Kier alpha value is -2.74.